The summed E-state index contributed by atoms with van der Waals surface area (Å²) in [5, 5.41) is 0. The first-order valence-electron chi connectivity index (χ1n) is 5.02. The van der Waals surface area contributed by atoms with Crippen molar-refractivity contribution in [2.45, 2.75) is 27.2 Å². The van der Waals surface area contributed by atoms with Gasteiger partial charge in [0.25, 0.3) is 0 Å². The summed E-state index contributed by atoms with van der Waals surface area (Å²) in [7, 11) is 0. The van der Waals surface area contributed by atoms with E-state index >= 15 is 0 Å². The van der Waals surface area contributed by atoms with Crippen LogP contribution in [0.15, 0.2) is 52.7 Å². The molecule has 0 amide bonds. The van der Waals surface area contributed by atoms with Gasteiger partial charge in [-0.25, -0.2) is 0 Å². The van der Waals surface area contributed by atoms with E-state index < -0.39 is 0 Å². The topological polar surface area (TPSA) is 12.4 Å². The maximum absolute atomic E-state index is 4.57. The molecule has 0 aliphatic carbocycles. The van der Waals surface area contributed by atoms with Crippen LogP contribution in [0.1, 0.15) is 27.2 Å². The molecule has 1 aliphatic rings. The summed E-state index contributed by atoms with van der Waals surface area (Å²) in [6.07, 6.45) is 8.96. The van der Waals surface area contributed by atoms with Crippen molar-refractivity contribution in [2.24, 2.45) is 4.99 Å². The molecule has 0 unspecified atom stereocenters. The number of hydrogen-bond acceptors (Lipinski definition) is 1. The number of nitrogens with zero attached hydrogens (tertiary/aromatic N) is 1. The van der Waals surface area contributed by atoms with E-state index in [1.807, 2.05) is 13.0 Å². The third-order valence-electron chi connectivity index (χ3n) is 2.32. The van der Waals surface area contributed by atoms with Gasteiger partial charge in [0.15, 0.2) is 0 Å². The predicted molar refractivity (Wildman–Crippen MR) is 63.5 cm³/mol. The summed E-state index contributed by atoms with van der Waals surface area (Å²) in [5.74, 6) is 0. The predicted octanol–water partition coefficient (Wildman–Crippen LogP) is 3.81. The van der Waals surface area contributed by atoms with Gasteiger partial charge >= 0.3 is 0 Å². The molecule has 0 bridgehead atoms. The fraction of sp³-hybridized carbons (Fsp3) is 0.308. The van der Waals surface area contributed by atoms with E-state index in [9.17, 15) is 0 Å². The van der Waals surface area contributed by atoms with Gasteiger partial charge in [0.2, 0.25) is 0 Å². The van der Waals surface area contributed by atoms with Crippen LogP contribution < -0.4 is 0 Å². The van der Waals surface area contributed by atoms with Crippen LogP contribution in [0.25, 0.3) is 0 Å². The summed E-state index contributed by atoms with van der Waals surface area (Å²) < 4.78 is 0. The highest BCUT2D eigenvalue weighted by Gasteiger charge is 2.19. The Bertz CT molecular complexity index is 351. The fourth-order valence-corrected chi connectivity index (χ4v) is 1.69. The first kappa shape index (κ1) is 10.7. The fourth-order valence-electron chi connectivity index (χ4n) is 1.69. The minimum Gasteiger partial charge on any atom is -0.252 e. The monoisotopic (exact) mass is 187 g/mol. The van der Waals surface area contributed by atoms with Crippen LogP contribution in [0, 0.1) is 0 Å². The molecule has 0 fully saturated rings. The Morgan fingerprint density at radius 3 is 2.29 bits per heavy atom. The molecule has 0 aromatic carbocycles. The normalized spacial score (nSPS) is 24.8. The molecule has 1 heteroatoms. The van der Waals surface area contributed by atoms with E-state index in [-0.39, 0.29) is 0 Å². The van der Waals surface area contributed by atoms with E-state index in [0.717, 1.165) is 12.1 Å². The zero-order valence-electron chi connectivity index (χ0n) is 9.17. The number of aliphatic imine (C=N–C) groups is 1. The molecule has 0 aromatic heterocycles. The molecule has 1 heterocycles. The van der Waals surface area contributed by atoms with Crippen LogP contribution in [-0.4, -0.2) is 5.71 Å². The average molecular weight is 187 g/mol. The third kappa shape index (κ3) is 1.77. The lowest BCUT2D eigenvalue weighted by Gasteiger charge is -2.01. The van der Waals surface area contributed by atoms with Gasteiger partial charge in [-0.2, -0.15) is 0 Å². The molecular weight excluding hydrogens is 170 g/mol. The number of hydrogen-bond donors (Lipinski definition) is 0. The number of rotatable bonds is 2. The Morgan fingerprint density at radius 1 is 1.21 bits per heavy atom. The standard InChI is InChI=1S/C13H17N/c1-5-9-13-11(7-3)10(6-2)12(8-4)14-13/h5-7,9H,1,8H2,2-4H3/b10-6-,11-7-,13-9+. The third-order valence-corrected chi connectivity index (χ3v) is 2.32. The van der Waals surface area contributed by atoms with Crippen LogP contribution >= 0.6 is 0 Å². The second-order valence-electron chi connectivity index (χ2n) is 3.10. The Hall–Kier alpha value is -1.37. The van der Waals surface area contributed by atoms with Crippen molar-refractivity contribution in [3.05, 3.63) is 47.7 Å². The number of allylic oxidation sites excluding steroid dienone is 5. The van der Waals surface area contributed by atoms with Crippen molar-refractivity contribution >= 4 is 5.71 Å². The average Bonchev–Trinajstić information content (AvgIpc) is 2.55. The Balaban J connectivity index is 3.22. The quantitative estimate of drug-likeness (QED) is 0.623. The largest absolute Gasteiger partial charge is 0.252 e. The molecule has 1 rings (SSSR count). The lowest BCUT2D eigenvalue weighted by Crippen LogP contribution is -1.95. The summed E-state index contributed by atoms with van der Waals surface area (Å²) in [6, 6.07) is 0. The van der Waals surface area contributed by atoms with Crippen molar-refractivity contribution in [3.63, 3.8) is 0 Å². The van der Waals surface area contributed by atoms with Gasteiger partial charge in [-0.3, -0.25) is 4.99 Å². The van der Waals surface area contributed by atoms with Crippen molar-refractivity contribution in [1.82, 2.24) is 0 Å². The SMILES string of the molecule is C=C/C=C1N=C(CC)C(=C\C)/C/1=C/C. The molecule has 0 saturated carbocycles. The van der Waals surface area contributed by atoms with Gasteiger partial charge in [0.05, 0.1) is 5.70 Å². The summed E-state index contributed by atoms with van der Waals surface area (Å²) in [4.78, 5) is 4.57. The Kier molecular flexibility index (Phi) is 3.63. The molecule has 0 atom stereocenters. The first-order chi connectivity index (χ1) is 6.78. The molecule has 74 valence electrons. The molecule has 0 spiro atoms. The van der Waals surface area contributed by atoms with E-state index in [0.29, 0.717) is 0 Å². The van der Waals surface area contributed by atoms with Gasteiger partial charge in [-0.05, 0) is 26.3 Å². The van der Waals surface area contributed by atoms with Crippen LogP contribution in [0.4, 0.5) is 0 Å². The second kappa shape index (κ2) is 4.75. The Labute approximate surface area is 86.2 Å². The van der Waals surface area contributed by atoms with E-state index in [1.54, 1.807) is 6.08 Å². The molecule has 0 aromatic rings. The first-order valence-corrected chi connectivity index (χ1v) is 5.02. The molecule has 1 aliphatic heterocycles. The summed E-state index contributed by atoms with van der Waals surface area (Å²) in [6.45, 7) is 9.94. The van der Waals surface area contributed by atoms with Crippen LogP contribution in [0.3, 0.4) is 0 Å². The molecule has 1 nitrogen and oxygen atoms in total. The van der Waals surface area contributed by atoms with Crippen molar-refractivity contribution in [2.75, 3.05) is 0 Å². The minimum absolute atomic E-state index is 0.978. The van der Waals surface area contributed by atoms with Gasteiger partial charge in [-0.15, -0.1) is 0 Å². The lowest BCUT2D eigenvalue weighted by atomic mass is 10.0. The smallest absolute Gasteiger partial charge is 0.0708 e. The van der Waals surface area contributed by atoms with Gasteiger partial charge in [0.1, 0.15) is 0 Å². The van der Waals surface area contributed by atoms with E-state index in [2.05, 4.69) is 37.6 Å². The maximum Gasteiger partial charge on any atom is 0.0708 e. The van der Waals surface area contributed by atoms with Crippen LogP contribution in [-0.2, 0) is 0 Å². The molecule has 0 saturated heterocycles. The van der Waals surface area contributed by atoms with Crippen molar-refractivity contribution in [1.29, 1.82) is 0 Å². The summed E-state index contributed by atoms with van der Waals surface area (Å²) in [5.41, 5.74) is 4.70. The molecule has 0 radical (unpaired) electrons. The molecule has 14 heavy (non-hydrogen) atoms. The zero-order valence-corrected chi connectivity index (χ0v) is 9.17. The maximum atomic E-state index is 4.57. The lowest BCUT2D eigenvalue weighted by molar-refractivity contribution is 1.28. The highest BCUT2D eigenvalue weighted by atomic mass is 14.8. The zero-order chi connectivity index (χ0) is 10.6. The summed E-state index contributed by atoms with van der Waals surface area (Å²) >= 11 is 0. The van der Waals surface area contributed by atoms with Crippen molar-refractivity contribution in [3.8, 4) is 0 Å². The van der Waals surface area contributed by atoms with E-state index in [4.69, 9.17) is 0 Å². The molecule has 0 N–H and O–H groups in total. The van der Waals surface area contributed by atoms with Gasteiger partial charge in [0, 0.05) is 16.9 Å². The van der Waals surface area contributed by atoms with E-state index in [1.165, 1.54) is 16.9 Å². The van der Waals surface area contributed by atoms with Crippen LogP contribution in [0.2, 0.25) is 0 Å². The highest BCUT2D eigenvalue weighted by Crippen LogP contribution is 2.30. The minimum atomic E-state index is 0.978. The highest BCUT2D eigenvalue weighted by molar-refractivity contribution is 6.08. The molecular formula is C13H17N. The Morgan fingerprint density at radius 2 is 1.86 bits per heavy atom. The van der Waals surface area contributed by atoms with Gasteiger partial charge in [-0.1, -0.05) is 31.7 Å². The van der Waals surface area contributed by atoms with Crippen molar-refractivity contribution < 1.29 is 0 Å². The van der Waals surface area contributed by atoms with Gasteiger partial charge < -0.3 is 0 Å². The second-order valence-corrected chi connectivity index (χ2v) is 3.10. The van der Waals surface area contributed by atoms with Crippen LogP contribution in [0.5, 0.6) is 0 Å².